The van der Waals surface area contributed by atoms with Gasteiger partial charge in [0.2, 0.25) is 0 Å². The Kier molecular flexibility index (Phi) is 4.56. The largest absolute Gasteiger partial charge is 0.494 e. The summed E-state index contributed by atoms with van der Waals surface area (Å²) in [7, 11) is 1.42. The maximum absolute atomic E-state index is 13.3. The Morgan fingerprint density at radius 3 is 2.74 bits per heavy atom. The predicted octanol–water partition coefficient (Wildman–Crippen LogP) is 3.87. The smallest absolute Gasteiger partial charge is 0.165 e. The molecular formula is C15H14BrFO2. The molecule has 100 valence electrons. The van der Waals surface area contributed by atoms with Crippen molar-refractivity contribution in [2.24, 2.45) is 0 Å². The van der Waals surface area contributed by atoms with Crippen LogP contribution in [-0.4, -0.2) is 12.2 Å². The van der Waals surface area contributed by atoms with E-state index < -0.39 is 11.9 Å². The number of halogens is 2. The van der Waals surface area contributed by atoms with Crippen LogP contribution < -0.4 is 4.74 Å². The minimum absolute atomic E-state index is 0.193. The van der Waals surface area contributed by atoms with Crippen LogP contribution in [0.5, 0.6) is 5.75 Å². The van der Waals surface area contributed by atoms with E-state index in [0.717, 1.165) is 15.6 Å². The Morgan fingerprint density at radius 2 is 2.05 bits per heavy atom. The van der Waals surface area contributed by atoms with E-state index in [1.54, 1.807) is 12.1 Å². The van der Waals surface area contributed by atoms with Crippen LogP contribution in [0.4, 0.5) is 4.39 Å². The van der Waals surface area contributed by atoms with Crippen LogP contribution in [0.15, 0.2) is 46.9 Å². The van der Waals surface area contributed by atoms with E-state index in [4.69, 9.17) is 4.74 Å². The van der Waals surface area contributed by atoms with Crippen molar-refractivity contribution in [2.45, 2.75) is 12.5 Å². The van der Waals surface area contributed by atoms with Gasteiger partial charge in [-0.25, -0.2) is 4.39 Å². The second kappa shape index (κ2) is 6.17. The molecule has 0 heterocycles. The lowest BCUT2D eigenvalue weighted by molar-refractivity contribution is 0.178. The van der Waals surface area contributed by atoms with Crippen LogP contribution >= 0.6 is 15.9 Å². The Bertz CT molecular complexity index is 572. The fourth-order valence-electron chi connectivity index (χ4n) is 1.89. The summed E-state index contributed by atoms with van der Waals surface area (Å²) in [6.07, 6.45) is -0.222. The van der Waals surface area contributed by atoms with Gasteiger partial charge in [0.05, 0.1) is 13.2 Å². The molecule has 0 saturated heterocycles. The number of aliphatic hydroxyl groups is 1. The first-order chi connectivity index (χ1) is 9.10. The molecule has 1 N–H and O–H groups in total. The second-order valence-electron chi connectivity index (χ2n) is 4.24. The molecule has 0 aromatic heterocycles. The molecule has 0 aliphatic rings. The zero-order valence-electron chi connectivity index (χ0n) is 10.4. The Morgan fingerprint density at radius 1 is 1.26 bits per heavy atom. The molecule has 0 aliphatic heterocycles. The molecule has 0 saturated carbocycles. The fraction of sp³-hybridized carbons (Fsp3) is 0.200. The first-order valence-electron chi connectivity index (χ1n) is 5.86. The van der Waals surface area contributed by atoms with Crippen LogP contribution in [0.3, 0.4) is 0 Å². The highest BCUT2D eigenvalue weighted by Crippen LogP contribution is 2.24. The van der Waals surface area contributed by atoms with E-state index in [1.165, 1.54) is 13.2 Å². The average molecular weight is 325 g/mol. The van der Waals surface area contributed by atoms with Gasteiger partial charge in [0.25, 0.3) is 0 Å². The third-order valence-electron chi connectivity index (χ3n) is 2.88. The van der Waals surface area contributed by atoms with Crippen LogP contribution in [0, 0.1) is 5.82 Å². The van der Waals surface area contributed by atoms with Crippen LogP contribution in [0.2, 0.25) is 0 Å². The fourth-order valence-corrected chi connectivity index (χ4v) is 2.30. The van der Waals surface area contributed by atoms with Crippen molar-refractivity contribution in [3.8, 4) is 5.75 Å². The highest BCUT2D eigenvalue weighted by atomic mass is 79.9. The molecule has 0 spiro atoms. The molecule has 0 amide bonds. The average Bonchev–Trinajstić information content (AvgIpc) is 2.41. The lowest BCUT2D eigenvalue weighted by Crippen LogP contribution is -2.02. The van der Waals surface area contributed by atoms with Gasteiger partial charge in [-0.15, -0.1) is 0 Å². The summed E-state index contributed by atoms with van der Waals surface area (Å²) in [5.74, 6) is -0.206. The third-order valence-corrected chi connectivity index (χ3v) is 3.37. The minimum atomic E-state index is -0.632. The zero-order valence-corrected chi connectivity index (χ0v) is 12.0. The summed E-state index contributed by atoms with van der Waals surface area (Å²) in [4.78, 5) is 0. The maximum atomic E-state index is 13.3. The molecular weight excluding hydrogens is 311 g/mol. The molecule has 19 heavy (non-hydrogen) atoms. The Balaban J connectivity index is 2.17. The van der Waals surface area contributed by atoms with Crippen molar-refractivity contribution < 1.29 is 14.2 Å². The Hall–Kier alpha value is -1.39. The standard InChI is InChI=1S/C15H14BrFO2/c1-19-15-8-10(5-6-13(15)17)7-14(18)11-3-2-4-12(16)9-11/h2-6,8-9,14,18H,7H2,1H3. The van der Waals surface area contributed by atoms with E-state index in [9.17, 15) is 9.50 Å². The number of ether oxygens (including phenoxy) is 1. The van der Waals surface area contributed by atoms with Gasteiger partial charge in [0.15, 0.2) is 11.6 Å². The van der Waals surface area contributed by atoms with Crippen molar-refractivity contribution in [2.75, 3.05) is 7.11 Å². The first kappa shape index (κ1) is 14.0. The molecule has 1 atom stereocenters. The zero-order chi connectivity index (χ0) is 13.8. The highest BCUT2D eigenvalue weighted by molar-refractivity contribution is 9.10. The van der Waals surface area contributed by atoms with E-state index in [1.807, 2.05) is 24.3 Å². The number of hydrogen-bond acceptors (Lipinski definition) is 2. The summed E-state index contributed by atoms with van der Waals surface area (Å²) in [5, 5.41) is 10.2. The van der Waals surface area contributed by atoms with Gasteiger partial charge in [0.1, 0.15) is 0 Å². The molecule has 0 fully saturated rings. The molecule has 0 bridgehead atoms. The lowest BCUT2D eigenvalue weighted by atomic mass is 10.0. The van der Waals surface area contributed by atoms with Gasteiger partial charge in [-0.3, -0.25) is 0 Å². The first-order valence-corrected chi connectivity index (χ1v) is 6.65. The number of methoxy groups -OCH3 is 1. The molecule has 2 aromatic rings. The summed E-state index contributed by atoms with van der Waals surface area (Å²) in [6, 6.07) is 12.1. The molecule has 2 aromatic carbocycles. The van der Waals surface area contributed by atoms with Crippen molar-refractivity contribution in [3.63, 3.8) is 0 Å². The number of rotatable bonds is 4. The molecule has 2 rings (SSSR count). The van der Waals surface area contributed by atoms with Crippen molar-refractivity contribution in [1.29, 1.82) is 0 Å². The van der Waals surface area contributed by atoms with Gasteiger partial charge >= 0.3 is 0 Å². The van der Waals surface area contributed by atoms with E-state index in [-0.39, 0.29) is 5.75 Å². The highest BCUT2D eigenvalue weighted by Gasteiger charge is 2.11. The van der Waals surface area contributed by atoms with Gasteiger partial charge in [-0.05, 0) is 35.4 Å². The van der Waals surface area contributed by atoms with Crippen LogP contribution in [0.25, 0.3) is 0 Å². The quantitative estimate of drug-likeness (QED) is 0.925. The van der Waals surface area contributed by atoms with Gasteiger partial charge in [0, 0.05) is 10.9 Å². The van der Waals surface area contributed by atoms with E-state index in [0.29, 0.717) is 6.42 Å². The molecule has 0 aliphatic carbocycles. The second-order valence-corrected chi connectivity index (χ2v) is 5.16. The van der Waals surface area contributed by atoms with Crippen molar-refractivity contribution in [3.05, 3.63) is 63.9 Å². The topological polar surface area (TPSA) is 29.5 Å². The summed E-state index contributed by atoms with van der Waals surface area (Å²) in [6.45, 7) is 0. The molecule has 0 radical (unpaired) electrons. The van der Waals surface area contributed by atoms with Crippen molar-refractivity contribution in [1.82, 2.24) is 0 Å². The predicted molar refractivity (Wildman–Crippen MR) is 75.8 cm³/mol. The van der Waals surface area contributed by atoms with Gasteiger partial charge in [-0.2, -0.15) is 0 Å². The van der Waals surface area contributed by atoms with Crippen molar-refractivity contribution >= 4 is 15.9 Å². The van der Waals surface area contributed by atoms with Gasteiger partial charge in [-0.1, -0.05) is 34.1 Å². The maximum Gasteiger partial charge on any atom is 0.165 e. The number of aliphatic hydroxyl groups excluding tert-OH is 1. The SMILES string of the molecule is COc1cc(CC(O)c2cccc(Br)c2)ccc1F. The molecule has 1 unspecified atom stereocenters. The van der Waals surface area contributed by atoms with Crippen LogP contribution in [-0.2, 0) is 6.42 Å². The monoisotopic (exact) mass is 324 g/mol. The third kappa shape index (κ3) is 3.55. The molecule has 4 heteroatoms. The summed E-state index contributed by atoms with van der Waals surface area (Å²) < 4.78 is 19.1. The van der Waals surface area contributed by atoms with Gasteiger partial charge < -0.3 is 9.84 Å². The summed E-state index contributed by atoms with van der Waals surface area (Å²) >= 11 is 3.37. The number of benzene rings is 2. The Labute approximate surface area is 120 Å². The summed E-state index contributed by atoms with van der Waals surface area (Å²) in [5.41, 5.74) is 1.64. The normalized spacial score (nSPS) is 12.2. The molecule has 2 nitrogen and oxygen atoms in total. The van der Waals surface area contributed by atoms with E-state index in [2.05, 4.69) is 15.9 Å². The van der Waals surface area contributed by atoms with Crippen LogP contribution in [0.1, 0.15) is 17.2 Å². The number of hydrogen-bond donors (Lipinski definition) is 1. The van der Waals surface area contributed by atoms with E-state index >= 15 is 0 Å². The lowest BCUT2D eigenvalue weighted by Gasteiger charge is -2.12. The minimum Gasteiger partial charge on any atom is -0.494 e.